The van der Waals surface area contributed by atoms with Gasteiger partial charge in [-0.25, -0.2) is 4.79 Å². The number of nitrogens with one attached hydrogen (secondary N) is 2. The van der Waals surface area contributed by atoms with Gasteiger partial charge in [0.05, 0.1) is 5.60 Å². The van der Waals surface area contributed by atoms with Crippen LogP contribution in [0.25, 0.3) is 0 Å². The van der Waals surface area contributed by atoms with Crippen LogP contribution in [0.3, 0.4) is 0 Å². The largest absolute Gasteiger partial charge is 0.481 e. The maximum Gasteiger partial charge on any atom is 0.315 e. The van der Waals surface area contributed by atoms with Crippen LogP contribution in [0.4, 0.5) is 4.79 Å². The first-order chi connectivity index (χ1) is 12.0. The van der Waals surface area contributed by atoms with E-state index in [2.05, 4.69) is 10.6 Å². The molecule has 1 aliphatic rings. The summed E-state index contributed by atoms with van der Waals surface area (Å²) in [6.07, 6.45) is 5.11. The second-order valence-corrected chi connectivity index (χ2v) is 6.71. The fourth-order valence-electron chi connectivity index (χ4n) is 3.19. The van der Waals surface area contributed by atoms with Crippen molar-refractivity contribution in [2.45, 2.75) is 56.6 Å². The molecule has 1 aromatic rings. The predicted octanol–water partition coefficient (Wildman–Crippen LogP) is 2.72. The van der Waals surface area contributed by atoms with Gasteiger partial charge in [0, 0.05) is 26.1 Å². The van der Waals surface area contributed by atoms with Crippen molar-refractivity contribution in [3.63, 3.8) is 0 Å². The number of aliphatic carboxylic acids is 1. The number of carbonyl (C=O) groups excluding carboxylic acids is 1. The van der Waals surface area contributed by atoms with E-state index < -0.39 is 5.97 Å². The van der Waals surface area contributed by atoms with Gasteiger partial charge in [-0.2, -0.15) is 0 Å². The fourth-order valence-corrected chi connectivity index (χ4v) is 3.19. The highest BCUT2D eigenvalue weighted by molar-refractivity contribution is 5.74. The van der Waals surface area contributed by atoms with Gasteiger partial charge in [-0.15, -0.1) is 0 Å². The molecule has 1 aromatic carbocycles. The van der Waals surface area contributed by atoms with Crippen LogP contribution in [0, 0.1) is 0 Å². The Hall–Kier alpha value is -2.08. The van der Waals surface area contributed by atoms with Crippen LogP contribution in [-0.4, -0.2) is 42.4 Å². The Morgan fingerprint density at radius 3 is 2.56 bits per heavy atom. The van der Waals surface area contributed by atoms with Crippen LogP contribution in [0.15, 0.2) is 30.3 Å². The highest BCUT2D eigenvalue weighted by atomic mass is 16.5. The van der Waals surface area contributed by atoms with E-state index in [1.54, 1.807) is 7.11 Å². The van der Waals surface area contributed by atoms with Crippen LogP contribution in [0.2, 0.25) is 0 Å². The third kappa shape index (κ3) is 6.38. The summed E-state index contributed by atoms with van der Waals surface area (Å²) >= 11 is 0. The molecule has 1 saturated carbocycles. The summed E-state index contributed by atoms with van der Waals surface area (Å²) in [5.74, 6) is -0.854. The molecule has 3 N–H and O–H groups in total. The number of carboxylic acids is 1. The van der Waals surface area contributed by atoms with Crippen molar-refractivity contribution >= 4 is 12.0 Å². The smallest absolute Gasteiger partial charge is 0.315 e. The fraction of sp³-hybridized carbons (Fsp3) is 0.579. The topological polar surface area (TPSA) is 87.7 Å². The quantitative estimate of drug-likeness (QED) is 0.607. The van der Waals surface area contributed by atoms with Crippen molar-refractivity contribution < 1.29 is 19.4 Å². The van der Waals surface area contributed by atoms with Gasteiger partial charge >= 0.3 is 12.0 Å². The zero-order valence-electron chi connectivity index (χ0n) is 14.8. The predicted molar refractivity (Wildman–Crippen MR) is 95.5 cm³/mol. The summed E-state index contributed by atoms with van der Waals surface area (Å²) in [5, 5.41) is 14.7. The van der Waals surface area contributed by atoms with Crippen molar-refractivity contribution in [3.8, 4) is 0 Å². The van der Waals surface area contributed by atoms with Gasteiger partial charge in [0.2, 0.25) is 0 Å². The number of benzene rings is 1. The molecule has 2 rings (SSSR count). The summed E-state index contributed by atoms with van der Waals surface area (Å²) in [6, 6.07) is 9.30. The van der Waals surface area contributed by atoms with Crippen LogP contribution >= 0.6 is 0 Å². The van der Waals surface area contributed by atoms with E-state index in [1.165, 1.54) is 6.42 Å². The number of methoxy groups -OCH3 is 1. The molecule has 25 heavy (non-hydrogen) atoms. The van der Waals surface area contributed by atoms with E-state index in [0.717, 1.165) is 24.8 Å². The first kappa shape index (κ1) is 19.2. The van der Waals surface area contributed by atoms with Crippen molar-refractivity contribution in [2.24, 2.45) is 0 Å². The molecule has 0 heterocycles. The molecule has 6 nitrogen and oxygen atoms in total. The van der Waals surface area contributed by atoms with Crippen molar-refractivity contribution in [1.82, 2.24) is 10.6 Å². The molecule has 0 aliphatic heterocycles. The van der Waals surface area contributed by atoms with Crippen molar-refractivity contribution in [2.75, 3.05) is 13.7 Å². The van der Waals surface area contributed by atoms with Crippen LogP contribution in [-0.2, 0) is 16.0 Å². The lowest BCUT2D eigenvalue weighted by atomic mass is 9.77. The monoisotopic (exact) mass is 348 g/mol. The molecular formula is C19H28N2O4. The standard InChI is InChI=1S/C19H28N2O4/c1-25-19(10-5-11-19)12-13-20-18(24)21-16(8-9-17(22)23)14-15-6-3-2-4-7-15/h2-4,6-7,16H,5,8-14H2,1H3,(H,22,23)(H2,20,21,24). The molecule has 1 aliphatic carbocycles. The first-order valence-electron chi connectivity index (χ1n) is 8.88. The molecule has 0 radical (unpaired) electrons. The minimum absolute atomic E-state index is 0.0323. The van der Waals surface area contributed by atoms with Gasteiger partial charge in [0.15, 0.2) is 0 Å². The Kier molecular flexibility index (Phi) is 7.25. The summed E-state index contributed by atoms with van der Waals surface area (Å²) in [5.41, 5.74) is 1.01. The summed E-state index contributed by atoms with van der Waals surface area (Å²) in [7, 11) is 1.72. The Morgan fingerprint density at radius 2 is 2.00 bits per heavy atom. The van der Waals surface area contributed by atoms with Crippen LogP contribution in [0.1, 0.15) is 44.1 Å². The molecule has 0 bridgehead atoms. The number of carbonyl (C=O) groups is 2. The lowest BCUT2D eigenvalue weighted by Crippen LogP contribution is -2.46. The lowest BCUT2D eigenvalue weighted by Gasteiger charge is -2.40. The van der Waals surface area contributed by atoms with Crippen LogP contribution in [0.5, 0.6) is 0 Å². The summed E-state index contributed by atoms with van der Waals surface area (Å²) < 4.78 is 5.54. The van der Waals surface area contributed by atoms with E-state index in [4.69, 9.17) is 9.84 Å². The van der Waals surface area contributed by atoms with Gasteiger partial charge in [-0.05, 0) is 44.1 Å². The molecule has 6 heteroatoms. The lowest BCUT2D eigenvalue weighted by molar-refractivity contribution is -0.137. The Balaban J connectivity index is 1.80. The van der Waals surface area contributed by atoms with E-state index in [-0.39, 0.29) is 24.1 Å². The van der Waals surface area contributed by atoms with Crippen LogP contribution < -0.4 is 10.6 Å². The summed E-state index contributed by atoms with van der Waals surface area (Å²) in [6.45, 7) is 0.552. The zero-order chi connectivity index (χ0) is 18.1. The Morgan fingerprint density at radius 1 is 1.28 bits per heavy atom. The normalized spacial score (nSPS) is 16.5. The molecule has 0 spiro atoms. The van der Waals surface area contributed by atoms with Crippen molar-refractivity contribution in [1.29, 1.82) is 0 Å². The zero-order valence-corrected chi connectivity index (χ0v) is 14.8. The Labute approximate surface area is 149 Å². The molecule has 1 unspecified atom stereocenters. The molecule has 1 atom stereocenters. The second-order valence-electron chi connectivity index (χ2n) is 6.71. The van der Waals surface area contributed by atoms with Gasteiger partial charge < -0.3 is 20.5 Å². The number of amides is 2. The molecule has 2 amide bonds. The molecular weight excluding hydrogens is 320 g/mol. The third-order valence-corrected chi connectivity index (χ3v) is 4.93. The first-order valence-corrected chi connectivity index (χ1v) is 8.88. The SMILES string of the molecule is COC1(CCNC(=O)NC(CCC(=O)O)Cc2ccccc2)CCC1. The number of rotatable bonds is 10. The van der Waals surface area contributed by atoms with Gasteiger partial charge in [-0.1, -0.05) is 30.3 Å². The number of ether oxygens (including phenoxy) is 1. The molecule has 1 fully saturated rings. The average molecular weight is 348 g/mol. The third-order valence-electron chi connectivity index (χ3n) is 4.93. The highest BCUT2D eigenvalue weighted by Crippen LogP contribution is 2.37. The molecule has 0 saturated heterocycles. The number of hydrogen-bond donors (Lipinski definition) is 3. The van der Waals surface area contributed by atoms with E-state index >= 15 is 0 Å². The number of hydrogen-bond acceptors (Lipinski definition) is 3. The minimum Gasteiger partial charge on any atom is -0.481 e. The van der Waals surface area contributed by atoms with Gasteiger partial charge in [-0.3, -0.25) is 4.79 Å². The average Bonchev–Trinajstić information content (AvgIpc) is 2.56. The molecule has 0 aromatic heterocycles. The van der Waals surface area contributed by atoms with E-state index in [0.29, 0.717) is 19.4 Å². The van der Waals surface area contributed by atoms with Gasteiger partial charge in [0.1, 0.15) is 0 Å². The number of urea groups is 1. The molecule has 138 valence electrons. The van der Waals surface area contributed by atoms with Gasteiger partial charge in [0.25, 0.3) is 0 Å². The number of carboxylic acid groups (broad SMARTS) is 1. The van der Waals surface area contributed by atoms with E-state index in [9.17, 15) is 9.59 Å². The highest BCUT2D eigenvalue weighted by Gasteiger charge is 2.36. The minimum atomic E-state index is -0.854. The Bertz CT molecular complexity index is 552. The van der Waals surface area contributed by atoms with Crippen molar-refractivity contribution in [3.05, 3.63) is 35.9 Å². The summed E-state index contributed by atoms with van der Waals surface area (Å²) in [4.78, 5) is 23.0. The maximum atomic E-state index is 12.2. The second kappa shape index (κ2) is 9.42. The maximum absolute atomic E-state index is 12.2. The van der Waals surface area contributed by atoms with E-state index in [1.807, 2.05) is 30.3 Å².